The smallest absolute Gasteiger partial charge is 0.334 e. The molecule has 0 aliphatic heterocycles. The minimum atomic E-state index is -0.227. The summed E-state index contributed by atoms with van der Waals surface area (Å²) in [4.78, 5) is 25.3. The van der Waals surface area contributed by atoms with Gasteiger partial charge in [-0.3, -0.25) is 9.36 Å². The van der Waals surface area contributed by atoms with E-state index in [4.69, 9.17) is 0 Å². The number of aldehydes is 1. The molecule has 1 aromatic carbocycles. The van der Waals surface area contributed by atoms with Crippen LogP contribution in [0.4, 0.5) is 5.82 Å². The molecule has 19 heavy (non-hydrogen) atoms. The molecule has 0 spiro atoms. The minimum Gasteiger partial charge on any atom is -0.362 e. The Kier molecular flexibility index (Phi) is 3.29. The highest BCUT2D eigenvalue weighted by atomic mass is 16.2. The van der Waals surface area contributed by atoms with Crippen LogP contribution < -0.4 is 10.6 Å². The first kappa shape index (κ1) is 13.1. The van der Waals surface area contributed by atoms with E-state index in [-0.39, 0.29) is 5.69 Å². The third kappa shape index (κ3) is 2.07. The molecule has 0 amide bonds. The van der Waals surface area contributed by atoms with Gasteiger partial charge in [-0.2, -0.15) is 0 Å². The Morgan fingerprint density at radius 3 is 2.21 bits per heavy atom. The number of anilines is 1. The largest absolute Gasteiger partial charge is 0.362 e. The summed E-state index contributed by atoms with van der Waals surface area (Å²) in [6.07, 6.45) is 0.710. The first-order valence-corrected chi connectivity index (χ1v) is 5.98. The quantitative estimate of drug-likeness (QED) is 0.782. The molecule has 0 aliphatic carbocycles. The summed E-state index contributed by atoms with van der Waals surface area (Å²) in [6.45, 7) is 1.99. The van der Waals surface area contributed by atoms with Crippen LogP contribution in [-0.2, 0) is 7.05 Å². The normalized spacial score (nSPS) is 10.5. The topological polar surface area (TPSA) is 47.2 Å². The van der Waals surface area contributed by atoms with Crippen molar-refractivity contribution in [2.75, 3.05) is 19.0 Å². The minimum absolute atomic E-state index is 0.227. The van der Waals surface area contributed by atoms with Crippen LogP contribution in [0.25, 0.3) is 5.69 Å². The Hall–Kier alpha value is -2.30. The van der Waals surface area contributed by atoms with Gasteiger partial charge in [0, 0.05) is 21.1 Å². The monoisotopic (exact) mass is 259 g/mol. The average Bonchev–Trinajstić information content (AvgIpc) is 2.63. The van der Waals surface area contributed by atoms with Crippen molar-refractivity contribution >= 4 is 12.1 Å². The molecule has 2 aromatic rings. The van der Waals surface area contributed by atoms with E-state index >= 15 is 0 Å². The summed E-state index contributed by atoms with van der Waals surface area (Å²) in [7, 11) is 5.22. The Bertz CT molecular complexity index is 663. The highest BCUT2D eigenvalue weighted by molar-refractivity contribution is 5.81. The Morgan fingerprint density at radius 1 is 1.16 bits per heavy atom. The highest BCUT2D eigenvalue weighted by Gasteiger charge is 2.19. The summed E-state index contributed by atoms with van der Waals surface area (Å²) < 4.78 is 2.91. The van der Waals surface area contributed by atoms with Crippen LogP contribution in [0.1, 0.15) is 16.1 Å². The molecular weight excluding hydrogens is 242 g/mol. The van der Waals surface area contributed by atoms with Gasteiger partial charge in [-0.05, 0) is 19.1 Å². The second-order valence-electron chi connectivity index (χ2n) is 4.73. The maximum absolute atomic E-state index is 12.3. The molecule has 0 unspecified atom stereocenters. The average molecular weight is 259 g/mol. The van der Waals surface area contributed by atoms with E-state index in [9.17, 15) is 9.59 Å². The zero-order valence-corrected chi connectivity index (χ0v) is 11.5. The highest BCUT2D eigenvalue weighted by Crippen LogP contribution is 2.20. The molecule has 0 aliphatic rings. The van der Waals surface area contributed by atoms with Crippen molar-refractivity contribution in [3.63, 3.8) is 0 Å². The van der Waals surface area contributed by atoms with Crippen molar-refractivity contribution in [3.8, 4) is 5.69 Å². The Labute approximate surface area is 111 Å². The van der Waals surface area contributed by atoms with Crippen LogP contribution in [0.15, 0.2) is 29.1 Å². The predicted molar refractivity (Wildman–Crippen MR) is 75.5 cm³/mol. The number of nitrogens with zero attached hydrogens (tertiary/aromatic N) is 3. The van der Waals surface area contributed by atoms with Crippen LogP contribution in [0.2, 0.25) is 0 Å². The fraction of sp³-hybridized carbons (Fsp3) is 0.286. The lowest BCUT2D eigenvalue weighted by molar-refractivity contribution is 0.111. The van der Waals surface area contributed by atoms with Gasteiger partial charge in [0.15, 0.2) is 6.29 Å². The first-order chi connectivity index (χ1) is 8.97. The molecular formula is C14H17N3O2. The molecule has 0 saturated carbocycles. The van der Waals surface area contributed by atoms with Crippen molar-refractivity contribution < 1.29 is 4.79 Å². The van der Waals surface area contributed by atoms with Gasteiger partial charge in [0.25, 0.3) is 0 Å². The molecule has 1 heterocycles. The number of rotatable bonds is 3. The van der Waals surface area contributed by atoms with Crippen molar-refractivity contribution in [2.45, 2.75) is 6.92 Å². The van der Waals surface area contributed by atoms with Crippen molar-refractivity contribution in [2.24, 2.45) is 7.05 Å². The first-order valence-electron chi connectivity index (χ1n) is 5.98. The number of hydrogen-bond acceptors (Lipinski definition) is 3. The van der Waals surface area contributed by atoms with Crippen molar-refractivity contribution in [3.05, 3.63) is 46.0 Å². The lowest BCUT2D eigenvalue weighted by Crippen LogP contribution is -2.23. The van der Waals surface area contributed by atoms with Crippen LogP contribution in [0.3, 0.4) is 0 Å². The van der Waals surface area contributed by atoms with Crippen LogP contribution in [0, 0.1) is 6.92 Å². The SMILES string of the molecule is Cc1ccc(-n2c(N(C)C)c(C=O)n(C)c2=O)cc1. The number of carbonyl (C=O) groups is 1. The summed E-state index contributed by atoms with van der Waals surface area (Å²) in [5.74, 6) is 0.589. The maximum atomic E-state index is 12.3. The lowest BCUT2D eigenvalue weighted by atomic mass is 10.2. The van der Waals surface area contributed by atoms with Gasteiger partial charge in [0.05, 0.1) is 5.69 Å². The summed E-state index contributed by atoms with van der Waals surface area (Å²) in [5, 5.41) is 0. The van der Waals surface area contributed by atoms with Gasteiger partial charge < -0.3 is 4.90 Å². The molecule has 0 atom stereocenters. The van der Waals surface area contributed by atoms with Gasteiger partial charge in [0.2, 0.25) is 0 Å². The van der Waals surface area contributed by atoms with E-state index in [1.165, 1.54) is 4.57 Å². The van der Waals surface area contributed by atoms with Gasteiger partial charge in [-0.1, -0.05) is 17.7 Å². The number of hydrogen-bond donors (Lipinski definition) is 0. The second kappa shape index (κ2) is 4.76. The molecule has 0 N–H and O–H groups in total. The molecule has 0 saturated heterocycles. The molecule has 2 rings (SSSR count). The fourth-order valence-electron chi connectivity index (χ4n) is 2.10. The summed E-state index contributed by atoms with van der Waals surface area (Å²) >= 11 is 0. The number of imidazole rings is 1. The van der Waals surface area contributed by atoms with E-state index in [2.05, 4.69) is 0 Å². The number of carbonyl (C=O) groups excluding carboxylic acids is 1. The fourth-order valence-corrected chi connectivity index (χ4v) is 2.10. The van der Waals surface area contributed by atoms with Gasteiger partial charge in [-0.15, -0.1) is 0 Å². The van der Waals surface area contributed by atoms with E-state index < -0.39 is 0 Å². The second-order valence-corrected chi connectivity index (χ2v) is 4.73. The van der Waals surface area contributed by atoms with Crippen LogP contribution >= 0.6 is 0 Å². The third-order valence-corrected chi connectivity index (χ3v) is 3.11. The molecule has 5 nitrogen and oxygen atoms in total. The predicted octanol–water partition coefficient (Wildman–Crippen LogP) is 1.36. The van der Waals surface area contributed by atoms with E-state index in [0.717, 1.165) is 11.3 Å². The zero-order valence-electron chi connectivity index (χ0n) is 11.5. The Balaban J connectivity index is 2.79. The molecule has 1 aromatic heterocycles. The number of aryl methyl sites for hydroxylation is 1. The standard InChI is InChI=1S/C14H17N3O2/c1-10-5-7-11(8-6-10)17-13(15(2)3)12(9-18)16(4)14(17)19/h5-9H,1-4H3. The van der Waals surface area contributed by atoms with Gasteiger partial charge in [-0.25, -0.2) is 9.36 Å². The van der Waals surface area contributed by atoms with E-state index in [1.54, 1.807) is 16.5 Å². The Morgan fingerprint density at radius 2 is 1.74 bits per heavy atom. The van der Waals surface area contributed by atoms with Crippen molar-refractivity contribution in [1.82, 2.24) is 9.13 Å². The molecule has 5 heteroatoms. The van der Waals surface area contributed by atoms with Crippen molar-refractivity contribution in [1.29, 1.82) is 0 Å². The molecule has 0 fully saturated rings. The number of aromatic nitrogens is 2. The van der Waals surface area contributed by atoms with E-state index in [0.29, 0.717) is 17.8 Å². The maximum Gasteiger partial charge on any atom is 0.334 e. The van der Waals surface area contributed by atoms with Crippen LogP contribution in [0.5, 0.6) is 0 Å². The zero-order chi connectivity index (χ0) is 14.2. The summed E-state index contributed by atoms with van der Waals surface area (Å²) in [5.41, 5.74) is 2.02. The molecule has 0 bridgehead atoms. The number of benzene rings is 1. The molecule has 100 valence electrons. The van der Waals surface area contributed by atoms with Gasteiger partial charge in [0.1, 0.15) is 11.5 Å². The van der Waals surface area contributed by atoms with Gasteiger partial charge >= 0.3 is 5.69 Å². The third-order valence-electron chi connectivity index (χ3n) is 3.11. The molecule has 0 radical (unpaired) electrons. The lowest BCUT2D eigenvalue weighted by Gasteiger charge is -2.15. The summed E-state index contributed by atoms with van der Waals surface area (Å²) in [6, 6.07) is 7.63. The van der Waals surface area contributed by atoms with E-state index in [1.807, 2.05) is 45.3 Å². The van der Waals surface area contributed by atoms with Crippen LogP contribution in [-0.4, -0.2) is 29.5 Å².